The number of halogens is 1. The summed E-state index contributed by atoms with van der Waals surface area (Å²) in [4.78, 5) is 32.8. The van der Waals surface area contributed by atoms with Crippen molar-refractivity contribution in [3.63, 3.8) is 0 Å². The third-order valence-corrected chi connectivity index (χ3v) is 5.20. The van der Waals surface area contributed by atoms with E-state index in [9.17, 15) is 14.9 Å². The van der Waals surface area contributed by atoms with Gasteiger partial charge in [-0.25, -0.2) is 9.97 Å². The van der Waals surface area contributed by atoms with Crippen molar-refractivity contribution in [2.75, 3.05) is 5.32 Å². The highest BCUT2D eigenvalue weighted by Gasteiger charge is 2.21. The predicted octanol–water partition coefficient (Wildman–Crippen LogP) is 5.17. The molecule has 28 heavy (non-hydrogen) atoms. The van der Waals surface area contributed by atoms with E-state index in [2.05, 4.69) is 15.3 Å². The lowest BCUT2D eigenvalue weighted by Gasteiger charge is -2.07. The number of pyridine rings is 1. The fourth-order valence-corrected chi connectivity index (χ4v) is 3.75. The molecule has 2 aromatic carbocycles. The van der Waals surface area contributed by atoms with Crippen LogP contribution in [0.25, 0.3) is 20.9 Å². The normalized spacial score (nSPS) is 10.8. The Morgan fingerprint density at radius 3 is 2.79 bits per heavy atom. The van der Waals surface area contributed by atoms with E-state index < -0.39 is 10.8 Å². The van der Waals surface area contributed by atoms with E-state index in [-0.39, 0.29) is 16.3 Å². The third kappa shape index (κ3) is 3.55. The monoisotopic (exact) mass is 410 g/mol. The van der Waals surface area contributed by atoms with Gasteiger partial charge in [-0.2, -0.15) is 0 Å². The quantitative estimate of drug-likeness (QED) is 0.369. The van der Waals surface area contributed by atoms with E-state index in [4.69, 9.17) is 11.6 Å². The Labute approximate surface area is 167 Å². The van der Waals surface area contributed by atoms with Gasteiger partial charge in [0.05, 0.1) is 4.92 Å². The first-order chi connectivity index (χ1) is 13.5. The van der Waals surface area contributed by atoms with Crippen LogP contribution in [0.4, 0.5) is 11.4 Å². The number of nitro groups is 1. The zero-order valence-electron chi connectivity index (χ0n) is 14.1. The third-order valence-electron chi connectivity index (χ3n) is 3.93. The topological polar surface area (TPSA) is 98.0 Å². The van der Waals surface area contributed by atoms with Crippen LogP contribution in [0.2, 0.25) is 5.02 Å². The minimum atomic E-state index is -0.615. The van der Waals surface area contributed by atoms with Crippen molar-refractivity contribution in [3.8, 4) is 10.6 Å². The van der Waals surface area contributed by atoms with Crippen molar-refractivity contribution in [1.29, 1.82) is 0 Å². The second-order valence-corrected chi connectivity index (χ2v) is 7.21. The second-order valence-electron chi connectivity index (χ2n) is 5.80. The molecule has 0 bridgehead atoms. The zero-order valence-corrected chi connectivity index (χ0v) is 15.7. The molecule has 2 aromatic heterocycles. The molecule has 0 unspecified atom stereocenters. The molecule has 4 aromatic rings. The maximum absolute atomic E-state index is 12.6. The lowest BCUT2D eigenvalue weighted by Crippen LogP contribution is -2.14. The van der Waals surface area contributed by atoms with E-state index in [1.807, 2.05) is 18.2 Å². The number of hydrogen-bond donors (Lipinski definition) is 1. The molecule has 138 valence electrons. The van der Waals surface area contributed by atoms with Crippen molar-refractivity contribution in [3.05, 3.63) is 81.5 Å². The Morgan fingerprint density at radius 2 is 2.00 bits per heavy atom. The Bertz CT molecular complexity index is 1190. The molecule has 0 aliphatic heterocycles. The van der Waals surface area contributed by atoms with E-state index in [1.165, 1.54) is 29.5 Å². The van der Waals surface area contributed by atoms with Crippen LogP contribution in [-0.4, -0.2) is 20.8 Å². The number of aromatic nitrogens is 2. The number of hydrogen-bond acceptors (Lipinski definition) is 6. The Hall–Kier alpha value is -3.36. The first-order valence-electron chi connectivity index (χ1n) is 8.08. The van der Waals surface area contributed by atoms with E-state index in [1.54, 1.807) is 24.4 Å². The Kier molecular flexibility index (Phi) is 4.72. The molecule has 2 heterocycles. The standard InChI is InChI=1S/C19H11ClN4O3S/c20-12-6-7-16(24(26)27)14(10-12)17(25)22-13-4-1-3-11(9-13)18-23-15-5-2-8-21-19(15)28-18/h1-10H,(H,22,25). The summed E-state index contributed by atoms with van der Waals surface area (Å²) in [7, 11) is 0. The molecule has 0 saturated carbocycles. The van der Waals surface area contributed by atoms with Crippen LogP contribution in [0.5, 0.6) is 0 Å². The summed E-state index contributed by atoms with van der Waals surface area (Å²) in [5.41, 5.74) is 1.68. The Balaban J connectivity index is 1.65. The van der Waals surface area contributed by atoms with E-state index in [0.29, 0.717) is 5.69 Å². The summed E-state index contributed by atoms with van der Waals surface area (Å²) in [6, 6.07) is 14.7. The molecular formula is C19H11ClN4O3S. The smallest absolute Gasteiger partial charge is 0.282 e. The van der Waals surface area contributed by atoms with Crippen LogP contribution in [0.3, 0.4) is 0 Å². The van der Waals surface area contributed by atoms with Crippen LogP contribution in [0.1, 0.15) is 10.4 Å². The minimum Gasteiger partial charge on any atom is -0.322 e. The number of carbonyl (C=O) groups excluding carboxylic acids is 1. The number of anilines is 1. The molecule has 0 radical (unpaired) electrons. The number of benzene rings is 2. The van der Waals surface area contributed by atoms with E-state index in [0.717, 1.165) is 20.9 Å². The lowest BCUT2D eigenvalue weighted by atomic mass is 10.1. The second kappa shape index (κ2) is 7.34. The molecular weight excluding hydrogens is 400 g/mol. The molecule has 7 nitrogen and oxygen atoms in total. The molecule has 0 atom stereocenters. The van der Waals surface area contributed by atoms with Gasteiger partial charge in [0, 0.05) is 28.5 Å². The van der Waals surface area contributed by atoms with Crippen LogP contribution in [-0.2, 0) is 0 Å². The van der Waals surface area contributed by atoms with Crippen molar-refractivity contribution in [1.82, 2.24) is 9.97 Å². The molecule has 1 amide bonds. The highest BCUT2D eigenvalue weighted by Crippen LogP contribution is 2.30. The fourth-order valence-electron chi connectivity index (χ4n) is 2.67. The van der Waals surface area contributed by atoms with Crippen LogP contribution < -0.4 is 5.32 Å². The molecule has 9 heteroatoms. The van der Waals surface area contributed by atoms with Gasteiger partial charge in [-0.15, -0.1) is 0 Å². The van der Waals surface area contributed by atoms with Gasteiger partial charge in [-0.3, -0.25) is 14.9 Å². The minimum absolute atomic E-state index is 0.105. The predicted molar refractivity (Wildman–Crippen MR) is 109 cm³/mol. The summed E-state index contributed by atoms with van der Waals surface area (Å²) in [6.45, 7) is 0. The van der Waals surface area contributed by atoms with Gasteiger partial charge in [0.15, 0.2) is 0 Å². The number of rotatable bonds is 4. The zero-order chi connectivity index (χ0) is 19.7. The average molecular weight is 411 g/mol. The number of nitrogens with zero attached hydrogens (tertiary/aromatic N) is 3. The molecule has 4 rings (SSSR count). The Morgan fingerprint density at radius 1 is 1.14 bits per heavy atom. The molecule has 0 spiro atoms. The molecule has 0 aliphatic carbocycles. The number of amides is 1. The highest BCUT2D eigenvalue weighted by atomic mass is 35.5. The summed E-state index contributed by atoms with van der Waals surface area (Å²) >= 11 is 7.34. The van der Waals surface area contributed by atoms with Crippen LogP contribution in [0, 0.1) is 10.1 Å². The van der Waals surface area contributed by atoms with Gasteiger partial charge in [0.25, 0.3) is 11.6 Å². The SMILES string of the molecule is O=C(Nc1cccc(-c2nc3cccnc3s2)c1)c1cc(Cl)ccc1[N+](=O)[O-]. The summed E-state index contributed by atoms with van der Waals surface area (Å²) in [6.07, 6.45) is 1.71. The number of nitrogens with one attached hydrogen (secondary N) is 1. The van der Waals surface area contributed by atoms with Crippen molar-refractivity contribution in [2.24, 2.45) is 0 Å². The van der Waals surface area contributed by atoms with Gasteiger partial charge in [0.1, 0.15) is 20.9 Å². The maximum Gasteiger partial charge on any atom is 0.282 e. The van der Waals surface area contributed by atoms with Gasteiger partial charge < -0.3 is 5.32 Å². The first-order valence-corrected chi connectivity index (χ1v) is 9.28. The van der Waals surface area contributed by atoms with Gasteiger partial charge >= 0.3 is 0 Å². The number of carbonyl (C=O) groups is 1. The van der Waals surface area contributed by atoms with Gasteiger partial charge in [-0.1, -0.05) is 35.1 Å². The number of nitro benzene ring substituents is 1. The highest BCUT2D eigenvalue weighted by molar-refractivity contribution is 7.21. The lowest BCUT2D eigenvalue weighted by molar-refractivity contribution is -0.385. The van der Waals surface area contributed by atoms with Crippen LogP contribution in [0.15, 0.2) is 60.8 Å². The van der Waals surface area contributed by atoms with Crippen molar-refractivity contribution < 1.29 is 9.72 Å². The summed E-state index contributed by atoms with van der Waals surface area (Å²) in [5, 5.41) is 14.9. The average Bonchev–Trinajstić information content (AvgIpc) is 3.12. The molecule has 1 N–H and O–H groups in total. The van der Waals surface area contributed by atoms with Crippen molar-refractivity contribution in [2.45, 2.75) is 0 Å². The fraction of sp³-hybridized carbons (Fsp3) is 0. The summed E-state index contributed by atoms with van der Waals surface area (Å²) in [5.74, 6) is -0.614. The van der Waals surface area contributed by atoms with Gasteiger partial charge in [0.2, 0.25) is 0 Å². The maximum atomic E-state index is 12.6. The largest absolute Gasteiger partial charge is 0.322 e. The number of thiazole rings is 1. The van der Waals surface area contributed by atoms with E-state index >= 15 is 0 Å². The summed E-state index contributed by atoms with van der Waals surface area (Å²) < 4.78 is 0. The first kappa shape index (κ1) is 18.0. The molecule has 0 saturated heterocycles. The number of fused-ring (bicyclic) bond motifs is 1. The van der Waals surface area contributed by atoms with Crippen LogP contribution >= 0.6 is 22.9 Å². The molecule has 0 fully saturated rings. The van der Waals surface area contributed by atoms with Gasteiger partial charge in [-0.05, 0) is 36.4 Å². The molecule has 0 aliphatic rings. The van der Waals surface area contributed by atoms with Crippen molar-refractivity contribution >= 4 is 50.6 Å².